The fraction of sp³-hybridized carbons (Fsp3) is 0.100. The highest BCUT2D eigenvalue weighted by atomic mass is 32.2. The van der Waals surface area contributed by atoms with Crippen LogP contribution in [0.4, 0.5) is 5.69 Å². The molecule has 0 unspecified atom stereocenters. The molecule has 1 aromatic rings. The molecule has 0 amide bonds. The molecule has 17 heavy (non-hydrogen) atoms. The van der Waals surface area contributed by atoms with Crippen LogP contribution < -0.4 is 10.5 Å². The summed E-state index contributed by atoms with van der Waals surface area (Å²) in [6, 6.07) is 5.05. The Kier molecular flexibility index (Phi) is 2.86. The van der Waals surface area contributed by atoms with Crippen LogP contribution in [-0.4, -0.2) is 26.0 Å². The van der Waals surface area contributed by atoms with Gasteiger partial charge in [-0.25, -0.2) is 0 Å². The molecular weight excluding hydrogens is 242 g/mol. The van der Waals surface area contributed by atoms with Crippen molar-refractivity contribution in [2.75, 3.05) is 11.3 Å². The number of amidine groups is 1. The number of hydrogen-bond acceptors (Lipinski definition) is 4. The smallest absolute Gasteiger partial charge is 0.344 e. The Labute approximate surface area is 98.7 Å². The van der Waals surface area contributed by atoms with Crippen LogP contribution in [0.25, 0.3) is 6.08 Å². The van der Waals surface area contributed by atoms with Crippen molar-refractivity contribution in [1.29, 1.82) is 0 Å². The molecule has 0 saturated heterocycles. The molecule has 90 valence electrons. The zero-order chi connectivity index (χ0) is 12.5. The van der Waals surface area contributed by atoms with E-state index in [1.165, 1.54) is 6.08 Å². The van der Waals surface area contributed by atoms with Crippen molar-refractivity contribution in [2.45, 2.75) is 0 Å². The van der Waals surface area contributed by atoms with Gasteiger partial charge >= 0.3 is 10.2 Å². The fourth-order valence-corrected chi connectivity index (χ4v) is 2.44. The van der Waals surface area contributed by atoms with E-state index in [0.29, 0.717) is 16.8 Å². The van der Waals surface area contributed by atoms with Gasteiger partial charge in [-0.1, -0.05) is 24.3 Å². The third-order valence-electron chi connectivity index (χ3n) is 2.21. The number of anilines is 1. The molecule has 0 aromatic heterocycles. The summed E-state index contributed by atoms with van der Waals surface area (Å²) in [5.74, 6) is -0.0584. The molecule has 0 bridgehead atoms. The van der Waals surface area contributed by atoms with Gasteiger partial charge in [-0.2, -0.15) is 8.42 Å². The third-order valence-corrected chi connectivity index (χ3v) is 3.13. The predicted molar refractivity (Wildman–Crippen MR) is 65.8 cm³/mol. The Hall–Kier alpha value is -1.86. The molecular formula is C10H11N3O3S. The monoisotopic (exact) mass is 253 g/mol. The van der Waals surface area contributed by atoms with Gasteiger partial charge in [0.2, 0.25) is 0 Å². The van der Waals surface area contributed by atoms with Crippen LogP contribution in [-0.2, 0) is 10.2 Å². The maximum Gasteiger partial charge on any atom is 0.344 e. The van der Waals surface area contributed by atoms with Gasteiger partial charge in [-0.15, -0.1) is 4.40 Å². The maximum absolute atomic E-state index is 11.3. The largest absolute Gasteiger partial charge is 0.392 e. The molecule has 4 N–H and O–H groups in total. The van der Waals surface area contributed by atoms with Crippen molar-refractivity contribution in [2.24, 2.45) is 10.1 Å². The van der Waals surface area contributed by atoms with E-state index < -0.39 is 10.2 Å². The van der Waals surface area contributed by atoms with Crippen LogP contribution in [0.2, 0.25) is 0 Å². The number of aliphatic hydroxyl groups excluding tert-OH is 1. The van der Waals surface area contributed by atoms with Crippen molar-refractivity contribution >= 4 is 27.8 Å². The average molecular weight is 253 g/mol. The minimum atomic E-state index is -3.74. The van der Waals surface area contributed by atoms with Crippen molar-refractivity contribution in [3.63, 3.8) is 0 Å². The van der Waals surface area contributed by atoms with Gasteiger partial charge in [0.1, 0.15) is 5.84 Å². The SMILES string of the molecule is NC1=NS(=O)(=O)Nc2cccc(/C=C/CO)c21. The van der Waals surface area contributed by atoms with E-state index >= 15 is 0 Å². The third kappa shape index (κ3) is 2.29. The molecule has 0 aliphatic carbocycles. The van der Waals surface area contributed by atoms with Crippen LogP contribution in [0.5, 0.6) is 0 Å². The van der Waals surface area contributed by atoms with Crippen LogP contribution >= 0.6 is 0 Å². The first kappa shape index (κ1) is 11.6. The second-order valence-electron chi connectivity index (χ2n) is 3.41. The summed E-state index contributed by atoms with van der Waals surface area (Å²) < 4.78 is 28.3. The van der Waals surface area contributed by atoms with Crippen LogP contribution in [0.3, 0.4) is 0 Å². The second kappa shape index (κ2) is 4.19. The molecule has 7 heteroatoms. The summed E-state index contributed by atoms with van der Waals surface area (Å²) in [4.78, 5) is 0. The van der Waals surface area contributed by atoms with Crippen molar-refractivity contribution in [1.82, 2.24) is 0 Å². The van der Waals surface area contributed by atoms with Crippen molar-refractivity contribution in [3.05, 3.63) is 35.4 Å². The number of nitrogens with one attached hydrogen (secondary N) is 1. The Bertz CT molecular complexity index is 605. The molecule has 2 rings (SSSR count). The fourth-order valence-electron chi connectivity index (χ4n) is 1.60. The predicted octanol–water partition coefficient (Wildman–Crippen LogP) is 0.0677. The van der Waals surface area contributed by atoms with E-state index in [4.69, 9.17) is 10.8 Å². The van der Waals surface area contributed by atoms with E-state index in [1.54, 1.807) is 24.3 Å². The number of fused-ring (bicyclic) bond motifs is 1. The Balaban J connectivity index is 2.60. The molecule has 6 nitrogen and oxygen atoms in total. The zero-order valence-corrected chi connectivity index (χ0v) is 9.61. The van der Waals surface area contributed by atoms with E-state index in [1.807, 2.05) is 0 Å². The summed E-state index contributed by atoms with van der Waals surface area (Å²) in [6.45, 7) is -0.105. The standard InChI is InChI=1S/C10H11N3O3S/c11-10-9-7(4-2-6-14)3-1-5-8(9)12-17(15,16)13-10/h1-5,12,14H,6H2,(H2,11,13)/b4-2+. The highest BCUT2D eigenvalue weighted by Crippen LogP contribution is 2.25. The van der Waals surface area contributed by atoms with Crippen LogP contribution in [0.1, 0.15) is 11.1 Å². The molecule has 1 aromatic carbocycles. The van der Waals surface area contributed by atoms with Gasteiger partial charge in [-0.05, 0) is 11.6 Å². The van der Waals surface area contributed by atoms with E-state index in [9.17, 15) is 8.42 Å². The Morgan fingerprint density at radius 3 is 2.94 bits per heavy atom. The second-order valence-corrected chi connectivity index (χ2v) is 4.75. The Morgan fingerprint density at radius 2 is 2.24 bits per heavy atom. The van der Waals surface area contributed by atoms with E-state index in [2.05, 4.69) is 9.12 Å². The average Bonchev–Trinajstić information content (AvgIpc) is 2.23. The molecule has 1 aliphatic rings. The number of benzene rings is 1. The van der Waals surface area contributed by atoms with Gasteiger partial charge < -0.3 is 10.8 Å². The maximum atomic E-state index is 11.3. The summed E-state index contributed by atoms with van der Waals surface area (Å²) in [6.07, 6.45) is 3.19. The van der Waals surface area contributed by atoms with E-state index in [-0.39, 0.29) is 12.4 Å². The zero-order valence-electron chi connectivity index (χ0n) is 8.79. The quantitative estimate of drug-likeness (QED) is 0.693. The lowest BCUT2D eigenvalue weighted by Crippen LogP contribution is -2.27. The number of hydrogen-bond donors (Lipinski definition) is 3. The first-order valence-corrected chi connectivity index (χ1v) is 6.26. The number of aliphatic hydroxyl groups is 1. The number of rotatable bonds is 2. The molecule has 0 radical (unpaired) electrons. The number of nitrogens with zero attached hydrogens (tertiary/aromatic N) is 1. The van der Waals surface area contributed by atoms with Gasteiger partial charge in [0.25, 0.3) is 0 Å². The molecule has 0 spiro atoms. The Morgan fingerprint density at radius 1 is 1.47 bits per heavy atom. The molecule has 1 heterocycles. The molecule has 0 fully saturated rings. The minimum absolute atomic E-state index is 0.0584. The lowest BCUT2D eigenvalue weighted by molar-refractivity contribution is 0.343. The van der Waals surface area contributed by atoms with Crippen LogP contribution in [0, 0.1) is 0 Å². The molecule has 0 atom stereocenters. The normalized spacial score (nSPS) is 17.4. The highest BCUT2D eigenvalue weighted by molar-refractivity contribution is 7.91. The van der Waals surface area contributed by atoms with Crippen LogP contribution in [0.15, 0.2) is 28.7 Å². The van der Waals surface area contributed by atoms with Gasteiger partial charge in [0.15, 0.2) is 0 Å². The van der Waals surface area contributed by atoms with Gasteiger partial charge in [-0.3, -0.25) is 4.72 Å². The van der Waals surface area contributed by atoms with Crippen molar-refractivity contribution < 1.29 is 13.5 Å². The van der Waals surface area contributed by atoms with Gasteiger partial charge in [0.05, 0.1) is 12.3 Å². The first-order valence-electron chi connectivity index (χ1n) is 4.82. The lowest BCUT2D eigenvalue weighted by atomic mass is 10.0. The lowest BCUT2D eigenvalue weighted by Gasteiger charge is -2.17. The highest BCUT2D eigenvalue weighted by Gasteiger charge is 2.22. The van der Waals surface area contributed by atoms with Gasteiger partial charge in [0, 0.05) is 5.56 Å². The summed E-state index contributed by atoms with van der Waals surface area (Å²) in [7, 11) is -3.74. The number of nitrogens with two attached hydrogens (primary N) is 1. The summed E-state index contributed by atoms with van der Waals surface area (Å²) in [5, 5.41) is 8.72. The van der Waals surface area contributed by atoms with Crippen molar-refractivity contribution in [3.8, 4) is 0 Å². The summed E-state index contributed by atoms with van der Waals surface area (Å²) >= 11 is 0. The summed E-state index contributed by atoms with van der Waals surface area (Å²) in [5.41, 5.74) is 7.23. The molecule has 1 aliphatic heterocycles. The van der Waals surface area contributed by atoms with E-state index in [0.717, 1.165) is 0 Å². The minimum Gasteiger partial charge on any atom is -0.392 e. The molecule has 0 saturated carbocycles. The first-order chi connectivity index (χ1) is 8.03. The topological polar surface area (TPSA) is 105 Å².